The van der Waals surface area contributed by atoms with Crippen LogP contribution in [0.1, 0.15) is 46.5 Å². The zero-order chi connectivity index (χ0) is 13.0. The normalized spacial score (nSPS) is 28.1. The van der Waals surface area contributed by atoms with Gasteiger partial charge in [-0.25, -0.2) is 0 Å². The van der Waals surface area contributed by atoms with Crippen LogP contribution >= 0.6 is 24.0 Å². The Morgan fingerprint density at radius 2 is 2.05 bits per heavy atom. The van der Waals surface area contributed by atoms with Crippen molar-refractivity contribution in [2.24, 2.45) is 10.4 Å². The van der Waals surface area contributed by atoms with Gasteiger partial charge in [-0.2, -0.15) is 0 Å². The maximum atomic E-state index is 5.87. The molecule has 2 atom stereocenters. The quantitative estimate of drug-likeness (QED) is 0.437. The highest BCUT2D eigenvalue weighted by Gasteiger charge is 2.59. The van der Waals surface area contributed by atoms with Crippen molar-refractivity contribution in [3.8, 4) is 0 Å². The Morgan fingerprint density at radius 3 is 2.53 bits per heavy atom. The third-order valence-electron chi connectivity index (χ3n) is 4.41. The van der Waals surface area contributed by atoms with E-state index in [4.69, 9.17) is 4.74 Å². The molecule has 2 unspecified atom stereocenters. The maximum Gasteiger partial charge on any atom is 0.191 e. The van der Waals surface area contributed by atoms with Gasteiger partial charge in [0.25, 0.3) is 0 Å². The number of guanidine groups is 1. The van der Waals surface area contributed by atoms with Crippen LogP contribution in [0.3, 0.4) is 0 Å². The lowest BCUT2D eigenvalue weighted by molar-refractivity contribution is -0.168. The molecular formula is C14H28IN3O. The highest BCUT2D eigenvalue weighted by atomic mass is 127. The van der Waals surface area contributed by atoms with E-state index in [1.807, 2.05) is 0 Å². The fourth-order valence-electron chi connectivity index (χ4n) is 3.28. The molecule has 0 saturated heterocycles. The number of aliphatic imine (C=N–C) groups is 1. The number of halogens is 1. The van der Waals surface area contributed by atoms with Crippen LogP contribution in [0.5, 0.6) is 0 Å². The van der Waals surface area contributed by atoms with E-state index in [-0.39, 0.29) is 24.0 Å². The summed E-state index contributed by atoms with van der Waals surface area (Å²) in [5.74, 6) is 0.964. The summed E-state index contributed by atoms with van der Waals surface area (Å²) in [7, 11) is 0. The summed E-state index contributed by atoms with van der Waals surface area (Å²) in [6.45, 7) is 8.85. The second-order valence-electron chi connectivity index (χ2n) is 5.32. The number of nitrogens with one attached hydrogen (secondary N) is 2. The molecule has 112 valence electrons. The predicted molar refractivity (Wildman–Crippen MR) is 90.3 cm³/mol. The fourth-order valence-corrected chi connectivity index (χ4v) is 3.28. The summed E-state index contributed by atoms with van der Waals surface area (Å²) < 4.78 is 5.87. The van der Waals surface area contributed by atoms with E-state index in [9.17, 15) is 0 Å². The van der Waals surface area contributed by atoms with Gasteiger partial charge in [0.05, 0.1) is 6.10 Å². The van der Waals surface area contributed by atoms with Gasteiger partial charge < -0.3 is 15.4 Å². The first-order chi connectivity index (χ1) is 8.76. The average Bonchev–Trinajstić information content (AvgIpc) is 2.25. The molecule has 1 spiro atoms. The van der Waals surface area contributed by atoms with Gasteiger partial charge in [-0.05, 0) is 40.0 Å². The molecule has 2 fully saturated rings. The molecular weight excluding hydrogens is 353 g/mol. The van der Waals surface area contributed by atoms with Crippen LogP contribution < -0.4 is 10.6 Å². The molecule has 0 aliphatic heterocycles. The van der Waals surface area contributed by atoms with Crippen LogP contribution in [0.2, 0.25) is 0 Å². The van der Waals surface area contributed by atoms with Gasteiger partial charge in [-0.1, -0.05) is 6.42 Å². The topological polar surface area (TPSA) is 45.7 Å². The van der Waals surface area contributed by atoms with E-state index in [2.05, 4.69) is 36.4 Å². The van der Waals surface area contributed by atoms with Crippen LogP contribution in [-0.4, -0.2) is 37.8 Å². The molecule has 0 heterocycles. The second-order valence-corrected chi connectivity index (χ2v) is 5.32. The molecule has 0 aromatic rings. The minimum Gasteiger partial charge on any atom is -0.378 e. The fraction of sp³-hybridized carbons (Fsp3) is 0.929. The Kier molecular flexibility index (Phi) is 6.86. The van der Waals surface area contributed by atoms with Gasteiger partial charge >= 0.3 is 0 Å². The van der Waals surface area contributed by atoms with Crippen molar-refractivity contribution in [3.63, 3.8) is 0 Å². The third-order valence-corrected chi connectivity index (χ3v) is 4.41. The lowest BCUT2D eigenvalue weighted by Crippen LogP contribution is -2.68. The van der Waals surface area contributed by atoms with Gasteiger partial charge in [0.2, 0.25) is 0 Å². The predicted octanol–water partition coefficient (Wildman–Crippen LogP) is 2.53. The first-order valence-corrected chi connectivity index (χ1v) is 7.43. The minimum atomic E-state index is 0. The maximum absolute atomic E-state index is 5.87. The van der Waals surface area contributed by atoms with Crippen molar-refractivity contribution in [1.82, 2.24) is 10.6 Å². The van der Waals surface area contributed by atoms with E-state index < -0.39 is 0 Å². The van der Waals surface area contributed by atoms with Gasteiger partial charge in [-0.15, -0.1) is 24.0 Å². The molecule has 2 aliphatic rings. The summed E-state index contributed by atoms with van der Waals surface area (Å²) >= 11 is 0. The molecule has 19 heavy (non-hydrogen) atoms. The molecule has 4 nitrogen and oxygen atoms in total. The van der Waals surface area contributed by atoms with Crippen LogP contribution in [0.4, 0.5) is 0 Å². The monoisotopic (exact) mass is 381 g/mol. The van der Waals surface area contributed by atoms with Crippen LogP contribution in [0, 0.1) is 5.41 Å². The third kappa shape index (κ3) is 3.35. The van der Waals surface area contributed by atoms with Gasteiger partial charge in [0.1, 0.15) is 0 Å². The van der Waals surface area contributed by atoms with Crippen molar-refractivity contribution >= 4 is 29.9 Å². The van der Waals surface area contributed by atoms with E-state index in [1.54, 1.807) is 0 Å². The number of rotatable bonds is 5. The van der Waals surface area contributed by atoms with Crippen LogP contribution in [-0.2, 0) is 4.74 Å². The molecule has 0 radical (unpaired) electrons. The van der Waals surface area contributed by atoms with E-state index in [0.717, 1.165) is 32.1 Å². The number of hydrogen-bond acceptors (Lipinski definition) is 2. The average molecular weight is 381 g/mol. The number of hydrogen-bond donors (Lipinski definition) is 2. The van der Waals surface area contributed by atoms with Crippen LogP contribution in [0.25, 0.3) is 0 Å². The summed E-state index contributed by atoms with van der Waals surface area (Å²) in [5.41, 5.74) is 0.403. The Labute approximate surface area is 134 Å². The summed E-state index contributed by atoms with van der Waals surface area (Å²) in [4.78, 5) is 4.48. The summed E-state index contributed by atoms with van der Waals surface area (Å²) in [6, 6.07) is 0.548. The van der Waals surface area contributed by atoms with E-state index >= 15 is 0 Å². The molecule has 2 rings (SSSR count). The van der Waals surface area contributed by atoms with Crippen LogP contribution in [0.15, 0.2) is 4.99 Å². The number of nitrogens with zero attached hydrogens (tertiary/aromatic N) is 1. The van der Waals surface area contributed by atoms with Gasteiger partial charge in [0.15, 0.2) is 5.96 Å². The van der Waals surface area contributed by atoms with Gasteiger partial charge in [0, 0.05) is 31.2 Å². The number of ether oxygens (including phenoxy) is 1. The summed E-state index contributed by atoms with van der Waals surface area (Å²) in [6.07, 6.45) is 5.56. The van der Waals surface area contributed by atoms with E-state index in [0.29, 0.717) is 17.6 Å². The summed E-state index contributed by atoms with van der Waals surface area (Å²) in [5, 5.41) is 6.91. The SMILES string of the molecule is CCN=C(NCC)NC1CC(OCC)C12CCC2.I. The molecule has 2 saturated carbocycles. The molecule has 0 aromatic carbocycles. The highest BCUT2D eigenvalue weighted by molar-refractivity contribution is 14.0. The Balaban J connectivity index is 0.00000180. The highest BCUT2D eigenvalue weighted by Crippen LogP contribution is 2.57. The van der Waals surface area contributed by atoms with E-state index in [1.165, 1.54) is 19.3 Å². The molecule has 0 aromatic heterocycles. The minimum absolute atomic E-state index is 0. The van der Waals surface area contributed by atoms with Gasteiger partial charge in [-0.3, -0.25) is 4.99 Å². The molecule has 2 aliphatic carbocycles. The van der Waals surface area contributed by atoms with Crippen molar-refractivity contribution < 1.29 is 4.74 Å². The van der Waals surface area contributed by atoms with Crippen molar-refractivity contribution in [3.05, 3.63) is 0 Å². The molecule has 5 heteroatoms. The first-order valence-electron chi connectivity index (χ1n) is 7.43. The van der Waals surface area contributed by atoms with Crippen molar-refractivity contribution in [2.75, 3.05) is 19.7 Å². The lowest BCUT2D eigenvalue weighted by Gasteiger charge is -2.61. The second kappa shape index (κ2) is 7.67. The standard InChI is InChI=1S/C14H27N3O.HI/c1-4-15-13(16-5-2)17-11-10-12(18-6-3)14(11)8-7-9-14;/h11-12H,4-10H2,1-3H3,(H2,15,16,17);1H. The Hall–Kier alpha value is -0.0400. The zero-order valence-corrected chi connectivity index (χ0v) is 14.7. The Bertz CT molecular complexity index is 305. The molecule has 0 bridgehead atoms. The molecule has 0 amide bonds. The smallest absolute Gasteiger partial charge is 0.191 e. The van der Waals surface area contributed by atoms with Crippen molar-refractivity contribution in [1.29, 1.82) is 0 Å². The molecule has 2 N–H and O–H groups in total. The lowest BCUT2D eigenvalue weighted by atomic mass is 9.51. The van der Waals surface area contributed by atoms with Crippen molar-refractivity contribution in [2.45, 2.75) is 58.6 Å². The Morgan fingerprint density at radius 1 is 1.32 bits per heavy atom. The largest absolute Gasteiger partial charge is 0.378 e. The first kappa shape index (κ1) is 17.0. The zero-order valence-electron chi connectivity index (χ0n) is 12.4.